The minimum Gasteiger partial charge on any atom is -0.481 e. The van der Waals surface area contributed by atoms with Crippen LogP contribution >= 0.6 is 0 Å². The molecule has 18 heavy (non-hydrogen) atoms. The molecule has 0 aromatic heterocycles. The molecule has 0 spiro atoms. The smallest absolute Gasteiger partial charge is 0.310 e. The van der Waals surface area contributed by atoms with E-state index < -0.39 is 11.4 Å². The second kappa shape index (κ2) is 3.85. The first kappa shape index (κ1) is 13.6. The third kappa shape index (κ3) is 1.81. The zero-order valence-electron chi connectivity index (χ0n) is 12.4. The number of carboxylic acids is 1. The quantitative estimate of drug-likeness (QED) is 0.737. The van der Waals surface area contributed by atoms with Gasteiger partial charge in [-0.15, -0.1) is 0 Å². The minimum atomic E-state index is -0.606. The van der Waals surface area contributed by atoms with E-state index in [1.54, 1.807) is 0 Å². The summed E-state index contributed by atoms with van der Waals surface area (Å²) in [5.74, 6) is -0.606. The third-order valence-corrected chi connectivity index (χ3v) is 5.53. The molecule has 0 unspecified atom stereocenters. The minimum absolute atomic E-state index is 0.192. The Kier molecular flexibility index (Phi) is 2.92. The van der Waals surface area contributed by atoms with Gasteiger partial charge in [0.15, 0.2) is 0 Å². The van der Waals surface area contributed by atoms with Crippen LogP contribution in [0.15, 0.2) is 11.1 Å². The Balaban J connectivity index is 2.46. The summed E-state index contributed by atoms with van der Waals surface area (Å²) in [7, 11) is 0. The molecule has 0 aliphatic heterocycles. The van der Waals surface area contributed by atoms with E-state index in [1.807, 2.05) is 6.92 Å². The van der Waals surface area contributed by atoms with Crippen LogP contribution in [0.25, 0.3) is 0 Å². The summed E-state index contributed by atoms with van der Waals surface area (Å²) < 4.78 is 0. The number of hydrogen-bond donors (Lipinski definition) is 1. The van der Waals surface area contributed by atoms with Crippen LogP contribution in [0.5, 0.6) is 0 Å². The van der Waals surface area contributed by atoms with Crippen molar-refractivity contribution >= 4 is 5.97 Å². The van der Waals surface area contributed by atoms with Crippen LogP contribution in [0.4, 0.5) is 0 Å². The molecule has 0 aromatic rings. The molecule has 102 valence electrons. The lowest BCUT2D eigenvalue weighted by molar-refractivity contribution is -0.148. The molecule has 0 saturated heterocycles. The number of aliphatic carboxylic acids is 1. The molecule has 0 radical (unpaired) electrons. The molecule has 2 aliphatic carbocycles. The second-order valence-electron chi connectivity index (χ2n) is 7.52. The van der Waals surface area contributed by atoms with E-state index in [1.165, 1.54) is 24.0 Å². The predicted molar refractivity (Wildman–Crippen MR) is 73.4 cm³/mol. The van der Waals surface area contributed by atoms with Gasteiger partial charge in [0.05, 0.1) is 5.41 Å². The number of carbonyl (C=O) groups is 1. The van der Waals surface area contributed by atoms with Gasteiger partial charge in [0.2, 0.25) is 0 Å². The molecule has 1 N–H and O–H groups in total. The number of hydrogen-bond acceptors (Lipinski definition) is 1. The van der Waals surface area contributed by atoms with E-state index in [0.717, 1.165) is 19.3 Å². The first-order chi connectivity index (χ1) is 8.15. The average Bonchev–Trinajstić information content (AvgIpc) is 2.68. The molecule has 0 aromatic carbocycles. The molecule has 0 fully saturated rings. The topological polar surface area (TPSA) is 37.3 Å². The lowest BCUT2D eigenvalue weighted by Crippen LogP contribution is -2.28. The van der Waals surface area contributed by atoms with Crippen LogP contribution in [0.1, 0.15) is 66.7 Å². The van der Waals surface area contributed by atoms with Crippen LogP contribution in [-0.4, -0.2) is 11.1 Å². The maximum Gasteiger partial charge on any atom is 0.310 e. The summed E-state index contributed by atoms with van der Waals surface area (Å²) in [4.78, 5) is 11.7. The number of rotatable bonds is 2. The van der Waals surface area contributed by atoms with Crippen molar-refractivity contribution in [2.75, 3.05) is 0 Å². The highest BCUT2D eigenvalue weighted by Gasteiger charge is 2.52. The fraction of sp³-hybridized carbons (Fsp3) is 0.812. The summed E-state index contributed by atoms with van der Waals surface area (Å²) in [5, 5.41) is 9.62. The van der Waals surface area contributed by atoms with Crippen LogP contribution in [0.2, 0.25) is 0 Å². The molecule has 2 rings (SSSR count). The Bertz CT molecular complexity index is 385. The fourth-order valence-corrected chi connectivity index (χ4v) is 3.73. The van der Waals surface area contributed by atoms with Crippen molar-refractivity contribution in [2.45, 2.75) is 66.7 Å². The average molecular weight is 250 g/mol. The molecular weight excluding hydrogens is 224 g/mol. The molecule has 0 heterocycles. The lowest BCUT2D eigenvalue weighted by Gasteiger charge is -2.41. The van der Waals surface area contributed by atoms with Gasteiger partial charge in [0.1, 0.15) is 0 Å². The predicted octanol–water partition coefficient (Wildman–Crippen LogP) is 4.40. The van der Waals surface area contributed by atoms with Gasteiger partial charge < -0.3 is 5.11 Å². The van der Waals surface area contributed by atoms with E-state index in [-0.39, 0.29) is 10.8 Å². The molecule has 2 aliphatic rings. The molecule has 0 saturated carbocycles. The molecule has 0 bridgehead atoms. The SMILES string of the molecule is CCC1(C(=O)O)CC2=C(C1)C(C)(C)CCC2(C)C. The van der Waals surface area contributed by atoms with Gasteiger partial charge in [-0.05, 0) is 42.9 Å². The van der Waals surface area contributed by atoms with E-state index in [4.69, 9.17) is 0 Å². The summed E-state index contributed by atoms with van der Waals surface area (Å²) >= 11 is 0. The monoisotopic (exact) mass is 250 g/mol. The van der Waals surface area contributed by atoms with Gasteiger partial charge in [-0.1, -0.05) is 45.8 Å². The van der Waals surface area contributed by atoms with Crippen molar-refractivity contribution in [3.63, 3.8) is 0 Å². The van der Waals surface area contributed by atoms with Crippen molar-refractivity contribution in [1.82, 2.24) is 0 Å². The van der Waals surface area contributed by atoms with Crippen molar-refractivity contribution < 1.29 is 9.90 Å². The van der Waals surface area contributed by atoms with Crippen molar-refractivity contribution in [1.29, 1.82) is 0 Å². The maximum atomic E-state index is 11.7. The summed E-state index contributed by atoms with van der Waals surface area (Å²) in [6, 6.07) is 0. The normalized spacial score (nSPS) is 28.1. The Morgan fingerprint density at radius 3 is 1.72 bits per heavy atom. The maximum absolute atomic E-state index is 11.7. The molecule has 0 amide bonds. The lowest BCUT2D eigenvalue weighted by atomic mass is 9.64. The highest BCUT2D eigenvalue weighted by atomic mass is 16.4. The zero-order chi connectivity index (χ0) is 13.8. The summed E-state index contributed by atoms with van der Waals surface area (Å²) in [5.41, 5.74) is 2.75. The Morgan fingerprint density at radius 2 is 1.44 bits per heavy atom. The van der Waals surface area contributed by atoms with Crippen LogP contribution in [0, 0.1) is 16.2 Å². The number of allylic oxidation sites excluding steroid dienone is 2. The second-order valence-corrected chi connectivity index (χ2v) is 7.52. The number of carboxylic acid groups (broad SMARTS) is 1. The van der Waals surface area contributed by atoms with Crippen LogP contribution in [0.3, 0.4) is 0 Å². The van der Waals surface area contributed by atoms with Gasteiger partial charge >= 0.3 is 5.97 Å². The van der Waals surface area contributed by atoms with Crippen LogP contribution < -0.4 is 0 Å². The van der Waals surface area contributed by atoms with Gasteiger partial charge in [0.25, 0.3) is 0 Å². The Morgan fingerprint density at radius 1 is 1.06 bits per heavy atom. The Hall–Kier alpha value is -0.790. The first-order valence-electron chi connectivity index (χ1n) is 7.11. The zero-order valence-corrected chi connectivity index (χ0v) is 12.4. The molecular formula is C16H26O2. The standard InChI is InChI=1S/C16H26O2/c1-6-16(13(17)18)9-11-12(10-16)15(4,5)8-7-14(11,2)3/h6-10H2,1-5H3,(H,17,18). The molecule has 0 atom stereocenters. The molecule has 2 heteroatoms. The van der Waals surface area contributed by atoms with E-state index in [9.17, 15) is 9.90 Å². The van der Waals surface area contributed by atoms with E-state index in [0.29, 0.717) is 0 Å². The molecule has 2 nitrogen and oxygen atoms in total. The van der Waals surface area contributed by atoms with Gasteiger partial charge in [-0.25, -0.2) is 0 Å². The summed E-state index contributed by atoms with van der Waals surface area (Å²) in [6.45, 7) is 11.2. The van der Waals surface area contributed by atoms with Crippen molar-refractivity contribution in [3.05, 3.63) is 11.1 Å². The Labute approximate surface area is 110 Å². The largest absolute Gasteiger partial charge is 0.481 e. The van der Waals surface area contributed by atoms with Crippen molar-refractivity contribution in [3.8, 4) is 0 Å². The van der Waals surface area contributed by atoms with Gasteiger partial charge in [0, 0.05) is 0 Å². The van der Waals surface area contributed by atoms with E-state index in [2.05, 4.69) is 27.7 Å². The van der Waals surface area contributed by atoms with Crippen molar-refractivity contribution in [2.24, 2.45) is 16.2 Å². The summed E-state index contributed by atoms with van der Waals surface area (Å²) in [6.07, 6.45) is 4.63. The fourth-order valence-electron chi connectivity index (χ4n) is 3.73. The highest BCUT2D eigenvalue weighted by Crippen LogP contribution is 2.60. The third-order valence-electron chi connectivity index (χ3n) is 5.53. The van der Waals surface area contributed by atoms with Gasteiger partial charge in [-0.3, -0.25) is 4.79 Å². The first-order valence-corrected chi connectivity index (χ1v) is 7.11. The van der Waals surface area contributed by atoms with Gasteiger partial charge in [-0.2, -0.15) is 0 Å². The van der Waals surface area contributed by atoms with Crippen LogP contribution in [-0.2, 0) is 4.79 Å². The van der Waals surface area contributed by atoms with E-state index >= 15 is 0 Å². The highest BCUT2D eigenvalue weighted by molar-refractivity contribution is 5.77.